The molecule has 0 bridgehead atoms. The third-order valence-corrected chi connectivity index (χ3v) is 3.39. The van der Waals surface area contributed by atoms with Gasteiger partial charge in [-0.1, -0.05) is 0 Å². The van der Waals surface area contributed by atoms with E-state index in [-0.39, 0.29) is 24.3 Å². The molecule has 18 heavy (non-hydrogen) atoms. The van der Waals surface area contributed by atoms with Gasteiger partial charge in [0.15, 0.2) is 0 Å². The van der Waals surface area contributed by atoms with Crippen LogP contribution in [-0.2, 0) is 9.59 Å². The monoisotopic (exact) mass is 256 g/mol. The maximum atomic E-state index is 11.4. The summed E-state index contributed by atoms with van der Waals surface area (Å²) < 4.78 is 0. The smallest absolute Gasteiger partial charge is 0.303 e. The SMILES string of the molecule is CC(C)(C)N1CC[C@H](CNC(=O)CCC(=O)O)C1. The maximum Gasteiger partial charge on any atom is 0.303 e. The van der Waals surface area contributed by atoms with Crippen LogP contribution in [0.3, 0.4) is 0 Å². The quantitative estimate of drug-likeness (QED) is 0.772. The van der Waals surface area contributed by atoms with E-state index in [0.29, 0.717) is 12.5 Å². The van der Waals surface area contributed by atoms with Crippen LogP contribution in [0, 0.1) is 5.92 Å². The standard InChI is InChI=1S/C13H24N2O3/c1-13(2,3)15-7-6-10(9-15)8-14-11(16)4-5-12(17)18/h10H,4-9H2,1-3H3,(H,14,16)(H,17,18)/t10-/m1/s1. The Morgan fingerprint density at radius 1 is 1.33 bits per heavy atom. The van der Waals surface area contributed by atoms with Gasteiger partial charge in [0.2, 0.25) is 5.91 Å². The molecule has 104 valence electrons. The summed E-state index contributed by atoms with van der Waals surface area (Å²) >= 11 is 0. The first-order chi connectivity index (χ1) is 8.29. The normalized spacial score (nSPS) is 20.9. The lowest BCUT2D eigenvalue weighted by Crippen LogP contribution is -2.40. The molecular weight excluding hydrogens is 232 g/mol. The zero-order valence-electron chi connectivity index (χ0n) is 11.5. The highest BCUT2D eigenvalue weighted by Gasteiger charge is 2.30. The summed E-state index contributed by atoms with van der Waals surface area (Å²) in [7, 11) is 0. The molecule has 1 saturated heterocycles. The number of hydrogen-bond acceptors (Lipinski definition) is 3. The van der Waals surface area contributed by atoms with E-state index < -0.39 is 5.97 Å². The lowest BCUT2D eigenvalue weighted by Gasteiger charge is -2.31. The third kappa shape index (κ3) is 5.04. The number of likely N-dealkylation sites (tertiary alicyclic amines) is 1. The van der Waals surface area contributed by atoms with Crippen molar-refractivity contribution < 1.29 is 14.7 Å². The molecule has 1 amide bonds. The van der Waals surface area contributed by atoms with Crippen LogP contribution >= 0.6 is 0 Å². The molecule has 0 aromatic carbocycles. The van der Waals surface area contributed by atoms with E-state index in [9.17, 15) is 9.59 Å². The number of nitrogens with one attached hydrogen (secondary N) is 1. The summed E-state index contributed by atoms with van der Waals surface area (Å²) in [6, 6.07) is 0. The molecule has 0 aromatic heterocycles. The van der Waals surface area contributed by atoms with Crippen LogP contribution in [0.25, 0.3) is 0 Å². The third-order valence-electron chi connectivity index (χ3n) is 3.39. The number of amides is 1. The molecule has 0 aromatic rings. The van der Waals surface area contributed by atoms with Gasteiger partial charge >= 0.3 is 5.97 Å². The van der Waals surface area contributed by atoms with Gasteiger partial charge in [0.25, 0.3) is 0 Å². The predicted molar refractivity (Wildman–Crippen MR) is 69.3 cm³/mol. The summed E-state index contributed by atoms with van der Waals surface area (Å²) in [6.07, 6.45) is 1.08. The molecule has 1 heterocycles. The Labute approximate surface area is 109 Å². The number of aliphatic carboxylic acids is 1. The Morgan fingerprint density at radius 2 is 2.00 bits per heavy atom. The summed E-state index contributed by atoms with van der Waals surface area (Å²) in [5.41, 5.74) is 0.183. The van der Waals surface area contributed by atoms with Gasteiger partial charge in [-0.25, -0.2) is 0 Å². The number of carboxylic acid groups (broad SMARTS) is 1. The van der Waals surface area contributed by atoms with Crippen molar-refractivity contribution in [3.63, 3.8) is 0 Å². The Morgan fingerprint density at radius 3 is 2.50 bits per heavy atom. The van der Waals surface area contributed by atoms with Gasteiger partial charge in [-0.05, 0) is 39.7 Å². The van der Waals surface area contributed by atoms with Gasteiger partial charge in [0.05, 0.1) is 6.42 Å². The van der Waals surface area contributed by atoms with Crippen LogP contribution in [-0.4, -0.2) is 47.1 Å². The van der Waals surface area contributed by atoms with Crippen LogP contribution in [0.5, 0.6) is 0 Å². The number of carbonyl (C=O) groups is 2. The molecule has 1 aliphatic heterocycles. The molecule has 1 fully saturated rings. The molecule has 5 nitrogen and oxygen atoms in total. The van der Waals surface area contributed by atoms with Gasteiger partial charge in [0, 0.05) is 25.0 Å². The first kappa shape index (κ1) is 15.0. The highest BCUT2D eigenvalue weighted by atomic mass is 16.4. The van der Waals surface area contributed by atoms with Crippen LogP contribution < -0.4 is 5.32 Å². The van der Waals surface area contributed by atoms with E-state index >= 15 is 0 Å². The van der Waals surface area contributed by atoms with Crippen molar-refractivity contribution in [2.45, 2.75) is 45.6 Å². The van der Waals surface area contributed by atoms with Crippen LogP contribution in [0.4, 0.5) is 0 Å². The molecular formula is C13H24N2O3. The largest absolute Gasteiger partial charge is 0.481 e. The summed E-state index contributed by atoms with van der Waals surface area (Å²) in [6.45, 7) is 9.31. The lowest BCUT2D eigenvalue weighted by molar-refractivity contribution is -0.138. The fourth-order valence-electron chi connectivity index (χ4n) is 2.18. The van der Waals surface area contributed by atoms with Gasteiger partial charge < -0.3 is 10.4 Å². The first-order valence-corrected chi connectivity index (χ1v) is 6.52. The van der Waals surface area contributed by atoms with Crippen molar-refractivity contribution in [3.05, 3.63) is 0 Å². The van der Waals surface area contributed by atoms with Crippen LogP contribution in [0.15, 0.2) is 0 Å². The molecule has 2 N–H and O–H groups in total. The van der Waals surface area contributed by atoms with Crippen molar-refractivity contribution in [2.24, 2.45) is 5.92 Å². The minimum absolute atomic E-state index is 0.0744. The fourth-order valence-corrected chi connectivity index (χ4v) is 2.18. The van der Waals surface area contributed by atoms with E-state index in [0.717, 1.165) is 19.5 Å². The minimum Gasteiger partial charge on any atom is -0.481 e. The average molecular weight is 256 g/mol. The zero-order valence-corrected chi connectivity index (χ0v) is 11.5. The summed E-state index contributed by atoms with van der Waals surface area (Å²) in [5, 5.41) is 11.3. The molecule has 5 heteroatoms. The fraction of sp³-hybridized carbons (Fsp3) is 0.846. The van der Waals surface area contributed by atoms with Gasteiger partial charge in [-0.15, -0.1) is 0 Å². The second-order valence-corrected chi connectivity index (χ2v) is 5.97. The Bertz CT molecular complexity index is 310. The van der Waals surface area contributed by atoms with Gasteiger partial charge in [-0.3, -0.25) is 14.5 Å². The number of nitrogens with zero attached hydrogens (tertiary/aromatic N) is 1. The highest BCUT2D eigenvalue weighted by Crippen LogP contribution is 2.23. The molecule has 0 unspecified atom stereocenters. The second kappa shape index (κ2) is 6.18. The summed E-state index contributed by atoms with van der Waals surface area (Å²) in [5.74, 6) is -0.602. The lowest BCUT2D eigenvalue weighted by atomic mass is 10.1. The molecule has 1 aliphatic rings. The van der Waals surface area contributed by atoms with Crippen LogP contribution in [0.1, 0.15) is 40.0 Å². The van der Waals surface area contributed by atoms with E-state index in [4.69, 9.17) is 5.11 Å². The summed E-state index contributed by atoms with van der Waals surface area (Å²) in [4.78, 5) is 24.1. The van der Waals surface area contributed by atoms with Crippen molar-refractivity contribution in [1.29, 1.82) is 0 Å². The molecule has 0 radical (unpaired) electrons. The van der Waals surface area contributed by atoms with Crippen molar-refractivity contribution >= 4 is 11.9 Å². The highest BCUT2D eigenvalue weighted by molar-refractivity contribution is 5.80. The number of rotatable bonds is 5. The topological polar surface area (TPSA) is 69.6 Å². The average Bonchev–Trinajstić information content (AvgIpc) is 2.71. The van der Waals surface area contributed by atoms with E-state index in [2.05, 4.69) is 31.0 Å². The van der Waals surface area contributed by atoms with Crippen molar-refractivity contribution in [2.75, 3.05) is 19.6 Å². The molecule has 1 atom stereocenters. The predicted octanol–water partition coefficient (Wildman–Crippen LogP) is 1.09. The van der Waals surface area contributed by atoms with Crippen molar-refractivity contribution in [3.8, 4) is 0 Å². The van der Waals surface area contributed by atoms with E-state index in [1.165, 1.54) is 0 Å². The van der Waals surface area contributed by atoms with Gasteiger partial charge in [-0.2, -0.15) is 0 Å². The molecule has 0 aliphatic carbocycles. The Hall–Kier alpha value is -1.10. The number of carboxylic acids is 1. The van der Waals surface area contributed by atoms with E-state index in [1.807, 2.05) is 0 Å². The van der Waals surface area contributed by atoms with Crippen LogP contribution in [0.2, 0.25) is 0 Å². The zero-order chi connectivity index (χ0) is 13.8. The minimum atomic E-state index is -0.926. The Kier molecular flexibility index (Phi) is 5.14. The van der Waals surface area contributed by atoms with Gasteiger partial charge in [0.1, 0.15) is 0 Å². The number of carbonyl (C=O) groups excluding carboxylic acids is 1. The molecule has 0 spiro atoms. The van der Waals surface area contributed by atoms with E-state index in [1.54, 1.807) is 0 Å². The molecule has 0 saturated carbocycles. The maximum absolute atomic E-state index is 11.4. The number of hydrogen-bond donors (Lipinski definition) is 2. The van der Waals surface area contributed by atoms with Crippen molar-refractivity contribution in [1.82, 2.24) is 10.2 Å². The Balaban J connectivity index is 2.21. The first-order valence-electron chi connectivity index (χ1n) is 6.52. The second-order valence-electron chi connectivity index (χ2n) is 5.97. The molecule has 1 rings (SSSR count).